The Morgan fingerprint density at radius 1 is 1.12 bits per heavy atom. The molecule has 0 saturated heterocycles. The minimum Gasteiger partial charge on any atom is -0.485 e. The molecule has 26 heavy (non-hydrogen) atoms. The van der Waals surface area contributed by atoms with E-state index in [1.165, 1.54) is 38.5 Å². The Kier molecular flexibility index (Phi) is 4.84. The number of aliphatic hydroxyl groups excluding tert-OH is 1. The summed E-state index contributed by atoms with van der Waals surface area (Å²) in [4.78, 5) is 8.79. The van der Waals surface area contributed by atoms with Crippen LogP contribution >= 0.6 is 0 Å². The van der Waals surface area contributed by atoms with Gasteiger partial charge in [-0.15, -0.1) is 0 Å². The Labute approximate surface area is 155 Å². The normalized spacial score (nSPS) is 25.7. The molecule has 1 aliphatic heterocycles. The highest BCUT2D eigenvalue weighted by molar-refractivity contribution is 5.77. The predicted octanol–water partition coefficient (Wildman–Crippen LogP) is 3.76. The van der Waals surface area contributed by atoms with Crippen LogP contribution in [0.25, 0.3) is 11.0 Å². The maximum atomic E-state index is 10.9. The lowest BCUT2D eigenvalue weighted by Crippen LogP contribution is -2.52. The van der Waals surface area contributed by atoms with E-state index in [4.69, 9.17) is 4.74 Å². The van der Waals surface area contributed by atoms with E-state index in [0.717, 1.165) is 34.8 Å². The van der Waals surface area contributed by atoms with E-state index < -0.39 is 11.7 Å². The minimum atomic E-state index is -0.647. The number of rotatable bonds is 4. The van der Waals surface area contributed by atoms with E-state index in [1.54, 1.807) is 12.4 Å². The number of benzene rings is 1. The van der Waals surface area contributed by atoms with Crippen molar-refractivity contribution in [1.29, 1.82) is 0 Å². The maximum absolute atomic E-state index is 10.9. The molecule has 140 valence electrons. The number of nitrogens with one attached hydrogen (secondary N) is 1. The summed E-state index contributed by atoms with van der Waals surface area (Å²) in [6, 6.07) is 3.80. The zero-order chi connectivity index (χ0) is 18.1. The van der Waals surface area contributed by atoms with Gasteiger partial charge in [0.1, 0.15) is 17.5 Å². The SMILES string of the molecule is CC1(C)Oc2cc3nccnc3cc2C(NCCC2CCCCC2)C1O. The molecule has 0 amide bonds. The van der Waals surface area contributed by atoms with Crippen molar-refractivity contribution in [3.8, 4) is 5.75 Å². The Bertz CT molecular complexity index is 771. The van der Waals surface area contributed by atoms with Crippen LogP contribution in [0.4, 0.5) is 0 Å². The Hall–Kier alpha value is -1.72. The summed E-state index contributed by atoms with van der Waals surface area (Å²) >= 11 is 0. The van der Waals surface area contributed by atoms with Crippen molar-refractivity contribution in [2.24, 2.45) is 5.92 Å². The number of fused-ring (bicyclic) bond motifs is 2. The molecule has 0 bridgehead atoms. The zero-order valence-corrected chi connectivity index (χ0v) is 15.7. The lowest BCUT2D eigenvalue weighted by atomic mass is 9.85. The average molecular weight is 355 g/mol. The van der Waals surface area contributed by atoms with E-state index in [1.807, 2.05) is 26.0 Å². The average Bonchev–Trinajstić information content (AvgIpc) is 2.64. The standard InChI is InChI=1S/C21H29N3O2/c1-21(2)20(25)19(24-9-8-14-6-4-3-5-7-14)15-12-16-17(13-18(15)26-21)23-11-10-22-16/h10-14,19-20,24-25H,3-9H2,1-2H3. The van der Waals surface area contributed by atoms with Gasteiger partial charge in [0, 0.05) is 24.0 Å². The molecule has 1 saturated carbocycles. The number of hydrogen-bond donors (Lipinski definition) is 2. The van der Waals surface area contributed by atoms with Crippen LogP contribution in [0.15, 0.2) is 24.5 Å². The lowest BCUT2D eigenvalue weighted by Gasteiger charge is -2.42. The van der Waals surface area contributed by atoms with E-state index >= 15 is 0 Å². The molecule has 2 aliphatic rings. The molecule has 2 N–H and O–H groups in total. The molecule has 2 aromatic rings. The van der Waals surface area contributed by atoms with Gasteiger partial charge in [0.05, 0.1) is 17.1 Å². The van der Waals surface area contributed by atoms with Crippen LogP contribution < -0.4 is 10.1 Å². The number of hydrogen-bond acceptors (Lipinski definition) is 5. The molecule has 1 fully saturated rings. The van der Waals surface area contributed by atoms with Gasteiger partial charge in [-0.1, -0.05) is 32.1 Å². The van der Waals surface area contributed by atoms with Crippen LogP contribution in [-0.4, -0.2) is 33.3 Å². The topological polar surface area (TPSA) is 67.3 Å². The third-order valence-corrected chi connectivity index (χ3v) is 5.98. The van der Waals surface area contributed by atoms with Gasteiger partial charge in [0.25, 0.3) is 0 Å². The van der Waals surface area contributed by atoms with E-state index in [2.05, 4.69) is 15.3 Å². The zero-order valence-electron chi connectivity index (χ0n) is 15.7. The quantitative estimate of drug-likeness (QED) is 0.874. The van der Waals surface area contributed by atoms with Crippen LogP contribution in [-0.2, 0) is 0 Å². The molecule has 1 aromatic carbocycles. The predicted molar refractivity (Wildman–Crippen MR) is 102 cm³/mol. The van der Waals surface area contributed by atoms with Gasteiger partial charge in [-0.2, -0.15) is 0 Å². The van der Waals surface area contributed by atoms with Crippen molar-refractivity contribution < 1.29 is 9.84 Å². The summed E-state index contributed by atoms with van der Waals surface area (Å²) in [5.74, 6) is 1.62. The Morgan fingerprint density at radius 2 is 1.81 bits per heavy atom. The van der Waals surface area contributed by atoms with E-state index in [-0.39, 0.29) is 6.04 Å². The minimum absolute atomic E-state index is 0.149. The molecule has 1 aromatic heterocycles. The van der Waals surface area contributed by atoms with Crippen LogP contribution in [0.5, 0.6) is 5.75 Å². The highest BCUT2D eigenvalue weighted by Crippen LogP contribution is 2.41. The fraction of sp³-hybridized carbons (Fsp3) is 0.619. The summed E-state index contributed by atoms with van der Waals surface area (Å²) < 4.78 is 6.11. The summed E-state index contributed by atoms with van der Waals surface area (Å²) in [7, 11) is 0. The van der Waals surface area contributed by atoms with Crippen LogP contribution in [0.3, 0.4) is 0 Å². The third kappa shape index (κ3) is 3.42. The van der Waals surface area contributed by atoms with Crippen molar-refractivity contribution in [2.45, 2.75) is 70.1 Å². The summed E-state index contributed by atoms with van der Waals surface area (Å²) in [5.41, 5.74) is 1.99. The second kappa shape index (κ2) is 7.12. The second-order valence-corrected chi connectivity index (χ2v) is 8.31. The molecule has 4 rings (SSSR count). The molecule has 1 aliphatic carbocycles. The maximum Gasteiger partial charge on any atom is 0.131 e. The number of ether oxygens (including phenoxy) is 1. The molecule has 0 radical (unpaired) electrons. The molecule has 2 atom stereocenters. The highest BCUT2D eigenvalue weighted by atomic mass is 16.5. The number of aliphatic hydroxyl groups is 1. The first-order chi connectivity index (χ1) is 12.5. The fourth-order valence-electron chi connectivity index (χ4n) is 4.39. The Balaban J connectivity index is 1.57. The first-order valence-corrected chi connectivity index (χ1v) is 9.90. The largest absolute Gasteiger partial charge is 0.485 e. The fourth-order valence-corrected chi connectivity index (χ4v) is 4.39. The highest BCUT2D eigenvalue weighted by Gasteiger charge is 2.43. The number of aromatic nitrogens is 2. The molecular weight excluding hydrogens is 326 g/mol. The first-order valence-electron chi connectivity index (χ1n) is 9.90. The van der Waals surface area contributed by atoms with Crippen LogP contribution in [0.1, 0.15) is 64.0 Å². The van der Waals surface area contributed by atoms with Gasteiger partial charge in [-0.25, -0.2) is 0 Å². The van der Waals surface area contributed by atoms with Gasteiger partial charge in [-0.05, 0) is 38.8 Å². The van der Waals surface area contributed by atoms with Gasteiger partial charge < -0.3 is 15.2 Å². The summed E-state index contributed by atoms with van der Waals surface area (Å²) in [6.07, 6.45) is 10.8. The third-order valence-electron chi connectivity index (χ3n) is 5.98. The first kappa shape index (κ1) is 17.7. The van der Waals surface area contributed by atoms with E-state index in [0.29, 0.717) is 0 Å². The van der Waals surface area contributed by atoms with Gasteiger partial charge in [-0.3, -0.25) is 9.97 Å². The van der Waals surface area contributed by atoms with Crippen LogP contribution in [0.2, 0.25) is 0 Å². The van der Waals surface area contributed by atoms with E-state index in [9.17, 15) is 5.11 Å². The lowest BCUT2D eigenvalue weighted by molar-refractivity contribution is -0.0645. The van der Waals surface area contributed by atoms with Crippen molar-refractivity contribution in [3.05, 3.63) is 30.1 Å². The summed E-state index contributed by atoms with van der Waals surface area (Å²) in [6.45, 7) is 4.80. The molecule has 5 heteroatoms. The number of nitrogens with zero attached hydrogens (tertiary/aromatic N) is 2. The monoisotopic (exact) mass is 355 g/mol. The molecular formula is C21H29N3O2. The molecule has 2 heterocycles. The van der Waals surface area contributed by atoms with Crippen LogP contribution in [0, 0.1) is 5.92 Å². The second-order valence-electron chi connectivity index (χ2n) is 8.31. The molecule has 5 nitrogen and oxygen atoms in total. The Morgan fingerprint density at radius 3 is 2.54 bits per heavy atom. The van der Waals surface area contributed by atoms with Gasteiger partial charge >= 0.3 is 0 Å². The smallest absolute Gasteiger partial charge is 0.131 e. The van der Waals surface area contributed by atoms with Crippen molar-refractivity contribution in [1.82, 2.24) is 15.3 Å². The molecule has 2 unspecified atom stereocenters. The van der Waals surface area contributed by atoms with Crippen molar-refractivity contribution in [3.63, 3.8) is 0 Å². The summed E-state index contributed by atoms with van der Waals surface area (Å²) in [5, 5.41) is 14.5. The van der Waals surface area contributed by atoms with Gasteiger partial charge in [0.2, 0.25) is 0 Å². The van der Waals surface area contributed by atoms with Crippen molar-refractivity contribution in [2.75, 3.05) is 6.54 Å². The van der Waals surface area contributed by atoms with Gasteiger partial charge in [0.15, 0.2) is 0 Å². The van der Waals surface area contributed by atoms with Crippen molar-refractivity contribution >= 4 is 11.0 Å². The molecule has 0 spiro atoms.